The van der Waals surface area contributed by atoms with Crippen LogP contribution in [0.2, 0.25) is 0 Å². The summed E-state index contributed by atoms with van der Waals surface area (Å²) in [5.41, 5.74) is 1.60. The fraction of sp³-hybridized carbons (Fsp3) is 0.222. The van der Waals surface area contributed by atoms with Crippen molar-refractivity contribution in [3.05, 3.63) is 54.0 Å². The number of hydrogen-bond donors (Lipinski definition) is 2. The monoisotopic (exact) mass is 378 g/mol. The maximum absolute atomic E-state index is 13.2. The van der Waals surface area contributed by atoms with Crippen LogP contribution < -0.4 is 14.2 Å². The number of nitrogens with one attached hydrogen (secondary N) is 2. The highest BCUT2D eigenvalue weighted by Gasteiger charge is 2.17. The van der Waals surface area contributed by atoms with Crippen LogP contribution in [0.15, 0.2) is 47.5 Å². The smallest absolute Gasteiger partial charge is 0.240 e. The van der Waals surface area contributed by atoms with Gasteiger partial charge in [0.15, 0.2) is 11.5 Å². The number of hydrogen-bond acceptors (Lipinski definition) is 4. The Morgan fingerprint density at radius 2 is 1.85 bits per heavy atom. The Kier molecular flexibility index (Phi) is 5.15. The molecule has 0 radical (unpaired) electrons. The molecule has 0 atom stereocenters. The summed E-state index contributed by atoms with van der Waals surface area (Å²) in [6.45, 7) is 0.209. The molecule has 0 spiro atoms. The van der Waals surface area contributed by atoms with E-state index in [1.165, 1.54) is 38.5 Å². The van der Waals surface area contributed by atoms with Gasteiger partial charge in [0.05, 0.1) is 19.1 Å². The van der Waals surface area contributed by atoms with Gasteiger partial charge in [0.1, 0.15) is 5.82 Å². The van der Waals surface area contributed by atoms with Crippen molar-refractivity contribution in [2.45, 2.75) is 11.3 Å². The number of aromatic amines is 1. The summed E-state index contributed by atoms with van der Waals surface area (Å²) in [7, 11) is -0.757. The molecule has 0 saturated carbocycles. The lowest BCUT2D eigenvalue weighted by atomic mass is 10.1. The van der Waals surface area contributed by atoms with Gasteiger partial charge in [-0.25, -0.2) is 17.5 Å². The fourth-order valence-corrected chi connectivity index (χ4v) is 3.80. The highest BCUT2D eigenvalue weighted by atomic mass is 32.2. The predicted octanol–water partition coefficient (Wildman–Crippen LogP) is 2.85. The lowest BCUT2D eigenvalue weighted by Gasteiger charge is -2.11. The van der Waals surface area contributed by atoms with Crippen molar-refractivity contribution in [3.63, 3.8) is 0 Å². The second-order valence-electron chi connectivity index (χ2n) is 5.67. The molecule has 0 fully saturated rings. The summed E-state index contributed by atoms with van der Waals surface area (Å²) < 4.78 is 51.0. The van der Waals surface area contributed by atoms with Crippen LogP contribution in [0.25, 0.3) is 10.9 Å². The first kappa shape index (κ1) is 18.2. The number of sulfonamides is 1. The lowest BCUT2D eigenvalue weighted by molar-refractivity contribution is 0.354. The van der Waals surface area contributed by atoms with Crippen LogP contribution in [0.3, 0.4) is 0 Å². The number of ether oxygens (including phenoxy) is 2. The second-order valence-corrected chi connectivity index (χ2v) is 7.44. The molecule has 0 aliphatic heterocycles. The van der Waals surface area contributed by atoms with Crippen LogP contribution >= 0.6 is 0 Å². The molecule has 0 aliphatic rings. The Labute approximate surface area is 151 Å². The molecule has 0 aliphatic carbocycles. The van der Waals surface area contributed by atoms with E-state index in [9.17, 15) is 12.8 Å². The quantitative estimate of drug-likeness (QED) is 0.663. The van der Waals surface area contributed by atoms with Gasteiger partial charge in [-0.1, -0.05) is 0 Å². The third-order valence-electron chi connectivity index (χ3n) is 4.08. The van der Waals surface area contributed by atoms with Gasteiger partial charge in [0.2, 0.25) is 10.0 Å². The number of aromatic nitrogens is 1. The number of benzene rings is 2. The first-order chi connectivity index (χ1) is 12.4. The van der Waals surface area contributed by atoms with E-state index >= 15 is 0 Å². The Morgan fingerprint density at radius 3 is 2.58 bits per heavy atom. The van der Waals surface area contributed by atoms with Crippen molar-refractivity contribution in [2.75, 3.05) is 20.8 Å². The van der Waals surface area contributed by atoms with Gasteiger partial charge in [-0.2, -0.15) is 0 Å². The van der Waals surface area contributed by atoms with E-state index in [0.29, 0.717) is 23.4 Å². The number of halogens is 1. The molecule has 0 amide bonds. The number of fused-ring (bicyclic) bond motifs is 1. The van der Waals surface area contributed by atoms with Gasteiger partial charge >= 0.3 is 0 Å². The Balaban J connectivity index is 1.72. The third kappa shape index (κ3) is 3.66. The van der Waals surface area contributed by atoms with Crippen LogP contribution in [0.1, 0.15) is 5.56 Å². The molecule has 0 unspecified atom stereocenters. The molecule has 3 rings (SSSR count). The predicted molar refractivity (Wildman–Crippen MR) is 96.7 cm³/mol. The van der Waals surface area contributed by atoms with Crippen molar-refractivity contribution in [1.29, 1.82) is 0 Å². The van der Waals surface area contributed by atoms with Gasteiger partial charge < -0.3 is 14.5 Å². The van der Waals surface area contributed by atoms with Crippen molar-refractivity contribution in [2.24, 2.45) is 0 Å². The second kappa shape index (κ2) is 7.35. The van der Waals surface area contributed by atoms with E-state index in [-0.39, 0.29) is 17.3 Å². The fourth-order valence-electron chi connectivity index (χ4n) is 2.75. The van der Waals surface area contributed by atoms with E-state index in [1.807, 2.05) is 0 Å². The molecule has 1 aromatic heterocycles. The molecule has 0 saturated heterocycles. The number of rotatable bonds is 7. The van der Waals surface area contributed by atoms with Crippen LogP contribution in [0, 0.1) is 5.82 Å². The summed E-state index contributed by atoms with van der Waals surface area (Å²) in [6, 6.07) is 8.88. The van der Waals surface area contributed by atoms with E-state index in [0.717, 1.165) is 10.9 Å². The van der Waals surface area contributed by atoms with Crippen LogP contribution in [0.5, 0.6) is 11.5 Å². The normalized spacial score (nSPS) is 11.7. The molecule has 3 aromatic rings. The van der Waals surface area contributed by atoms with Crippen LogP contribution in [0.4, 0.5) is 4.39 Å². The molecule has 138 valence electrons. The molecule has 8 heteroatoms. The zero-order valence-electron chi connectivity index (χ0n) is 14.4. The first-order valence-electron chi connectivity index (χ1n) is 7.92. The minimum absolute atomic E-state index is 0.0937. The molecule has 6 nitrogen and oxygen atoms in total. The molecule has 2 aromatic carbocycles. The van der Waals surface area contributed by atoms with E-state index in [4.69, 9.17) is 9.47 Å². The van der Waals surface area contributed by atoms with Crippen molar-refractivity contribution < 1.29 is 22.3 Å². The minimum Gasteiger partial charge on any atom is -0.493 e. The summed E-state index contributed by atoms with van der Waals surface area (Å²) in [5.74, 6) is 0.478. The average Bonchev–Trinajstić information content (AvgIpc) is 3.03. The molecular weight excluding hydrogens is 359 g/mol. The van der Waals surface area contributed by atoms with Crippen molar-refractivity contribution in [1.82, 2.24) is 9.71 Å². The summed E-state index contributed by atoms with van der Waals surface area (Å²) >= 11 is 0. The lowest BCUT2D eigenvalue weighted by Crippen LogP contribution is -2.26. The SMILES string of the molecule is COc1ccc(S(=O)(=O)NCCc2c[nH]c3cc(F)ccc23)cc1OC. The highest BCUT2D eigenvalue weighted by molar-refractivity contribution is 7.89. The zero-order valence-corrected chi connectivity index (χ0v) is 15.2. The standard InChI is InChI=1S/C18H19FN2O4S/c1-24-17-6-4-14(10-18(17)25-2)26(22,23)21-8-7-12-11-20-16-9-13(19)3-5-15(12)16/h3-6,9-11,20-21H,7-8H2,1-2H3. The molecule has 2 N–H and O–H groups in total. The van der Waals surface area contributed by atoms with Gasteiger partial charge in [-0.05, 0) is 42.3 Å². The first-order valence-corrected chi connectivity index (χ1v) is 9.40. The van der Waals surface area contributed by atoms with Crippen LogP contribution in [-0.2, 0) is 16.4 Å². The Bertz CT molecular complexity index is 1030. The van der Waals surface area contributed by atoms with Gasteiger partial charge in [-0.15, -0.1) is 0 Å². The summed E-state index contributed by atoms with van der Waals surface area (Å²) in [5, 5.41) is 0.872. The third-order valence-corrected chi connectivity index (χ3v) is 5.54. The van der Waals surface area contributed by atoms with Gasteiger partial charge in [-0.3, -0.25) is 0 Å². The molecular formula is C18H19FN2O4S. The molecule has 0 bridgehead atoms. The highest BCUT2D eigenvalue weighted by Crippen LogP contribution is 2.29. The molecule has 1 heterocycles. The van der Waals surface area contributed by atoms with Gasteiger partial charge in [0, 0.05) is 29.7 Å². The minimum atomic E-state index is -3.69. The average molecular weight is 378 g/mol. The number of methoxy groups -OCH3 is 2. The summed E-state index contributed by atoms with van der Waals surface area (Å²) in [4.78, 5) is 3.08. The van der Waals surface area contributed by atoms with Gasteiger partial charge in [0.25, 0.3) is 0 Å². The van der Waals surface area contributed by atoms with Crippen LogP contribution in [-0.4, -0.2) is 34.2 Å². The maximum Gasteiger partial charge on any atom is 0.240 e. The van der Waals surface area contributed by atoms with Crippen molar-refractivity contribution in [3.8, 4) is 11.5 Å². The number of H-pyrrole nitrogens is 1. The molecule has 26 heavy (non-hydrogen) atoms. The summed E-state index contributed by atoms with van der Waals surface area (Å²) in [6.07, 6.45) is 2.23. The zero-order chi connectivity index (χ0) is 18.7. The topological polar surface area (TPSA) is 80.4 Å². The van der Waals surface area contributed by atoms with E-state index in [2.05, 4.69) is 9.71 Å². The Morgan fingerprint density at radius 1 is 1.08 bits per heavy atom. The van der Waals surface area contributed by atoms with Crippen molar-refractivity contribution >= 4 is 20.9 Å². The van der Waals surface area contributed by atoms with E-state index in [1.54, 1.807) is 18.3 Å². The largest absolute Gasteiger partial charge is 0.493 e. The maximum atomic E-state index is 13.2. The Hall–Kier alpha value is -2.58. The van der Waals surface area contributed by atoms with E-state index < -0.39 is 10.0 Å².